The minimum atomic E-state index is -0.0418. The van der Waals surface area contributed by atoms with Gasteiger partial charge in [0.15, 0.2) is 0 Å². The van der Waals surface area contributed by atoms with E-state index in [9.17, 15) is 4.79 Å². The molecule has 1 aliphatic rings. The van der Waals surface area contributed by atoms with Crippen LogP contribution in [0.5, 0.6) is 0 Å². The van der Waals surface area contributed by atoms with Gasteiger partial charge in [-0.3, -0.25) is 4.79 Å². The molecule has 2 atom stereocenters. The van der Waals surface area contributed by atoms with E-state index in [1.165, 1.54) is 6.42 Å². The second-order valence-electron chi connectivity index (χ2n) is 4.90. The molecule has 1 amide bonds. The molecular weight excluding hydrogens is 228 g/mol. The fraction of sp³-hybridized carbons (Fsp3) is 0.857. The average molecular weight is 252 g/mol. The van der Waals surface area contributed by atoms with Crippen molar-refractivity contribution in [3.63, 3.8) is 0 Å². The van der Waals surface area contributed by atoms with Gasteiger partial charge in [0.1, 0.15) is 6.42 Å². The summed E-state index contributed by atoms with van der Waals surface area (Å²) in [5.74, 6) is -0.0418. The quantitative estimate of drug-likeness (QED) is 0.729. The predicted molar refractivity (Wildman–Crippen MR) is 69.9 cm³/mol. The summed E-state index contributed by atoms with van der Waals surface area (Å²) in [5.41, 5.74) is 0. The van der Waals surface area contributed by atoms with Gasteiger partial charge < -0.3 is 9.64 Å². The Morgan fingerprint density at radius 1 is 1.44 bits per heavy atom. The van der Waals surface area contributed by atoms with Gasteiger partial charge in [0, 0.05) is 13.7 Å². The zero-order valence-corrected chi connectivity index (χ0v) is 11.5. The molecule has 0 aromatic heterocycles. The van der Waals surface area contributed by atoms with E-state index in [1.54, 1.807) is 7.11 Å². The molecule has 0 bridgehead atoms. The lowest BCUT2D eigenvalue weighted by Crippen LogP contribution is -2.49. The van der Waals surface area contributed by atoms with E-state index in [1.807, 2.05) is 11.0 Å². The Morgan fingerprint density at radius 2 is 2.17 bits per heavy atom. The van der Waals surface area contributed by atoms with Gasteiger partial charge >= 0.3 is 0 Å². The maximum atomic E-state index is 12.1. The predicted octanol–water partition coefficient (Wildman–Crippen LogP) is 2.49. The molecule has 4 nitrogen and oxygen atoms in total. The lowest BCUT2D eigenvalue weighted by atomic mass is 9.90. The molecule has 0 N–H and O–H groups in total. The van der Waals surface area contributed by atoms with E-state index in [0.29, 0.717) is 0 Å². The third-order valence-corrected chi connectivity index (χ3v) is 3.67. The van der Waals surface area contributed by atoms with Crippen molar-refractivity contribution in [2.75, 3.05) is 13.7 Å². The van der Waals surface area contributed by atoms with Crippen LogP contribution in [0.15, 0.2) is 0 Å². The van der Waals surface area contributed by atoms with Gasteiger partial charge in [-0.05, 0) is 19.3 Å². The van der Waals surface area contributed by atoms with E-state index in [-0.39, 0.29) is 24.5 Å². The third-order valence-electron chi connectivity index (χ3n) is 3.67. The molecule has 1 aliphatic carbocycles. The molecular formula is C14H24N2O2. The summed E-state index contributed by atoms with van der Waals surface area (Å²) in [6.07, 6.45) is 6.50. The van der Waals surface area contributed by atoms with Crippen molar-refractivity contribution in [2.45, 2.75) is 64.0 Å². The number of amides is 1. The first kappa shape index (κ1) is 15.0. The number of ether oxygens (including phenoxy) is 1. The monoisotopic (exact) mass is 252 g/mol. The molecule has 0 saturated heterocycles. The molecule has 0 radical (unpaired) electrons. The Balaban J connectivity index is 2.72. The highest BCUT2D eigenvalue weighted by Gasteiger charge is 2.32. The highest BCUT2D eigenvalue weighted by molar-refractivity contribution is 5.78. The van der Waals surface area contributed by atoms with Gasteiger partial charge in [-0.1, -0.05) is 26.2 Å². The first-order chi connectivity index (χ1) is 8.74. The molecule has 1 rings (SSSR count). The summed E-state index contributed by atoms with van der Waals surface area (Å²) in [5, 5.41) is 8.70. The average Bonchev–Trinajstić information content (AvgIpc) is 2.40. The molecule has 0 aromatic rings. The van der Waals surface area contributed by atoms with E-state index >= 15 is 0 Å². The Labute approximate surface area is 110 Å². The molecule has 0 heterocycles. The van der Waals surface area contributed by atoms with Crippen LogP contribution in [0.2, 0.25) is 0 Å². The Morgan fingerprint density at radius 3 is 2.78 bits per heavy atom. The van der Waals surface area contributed by atoms with Crippen LogP contribution in [0.4, 0.5) is 0 Å². The Hall–Kier alpha value is -1.08. The van der Waals surface area contributed by atoms with Crippen LogP contribution in [-0.2, 0) is 9.53 Å². The summed E-state index contributed by atoms with van der Waals surface area (Å²) in [6.45, 7) is 2.86. The first-order valence-electron chi connectivity index (χ1n) is 6.93. The molecule has 4 heteroatoms. The van der Waals surface area contributed by atoms with E-state index in [0.717, 1.165) is 38.6 Å². The number of hydrogen-bond donors (Lipinski definition) is 0. The van der Waals surface area contributed by atoms with Crippen LogP contribution in [0.3, 0.4) is 0 Å². The minimum absolute atomic E-state index is 0.0172. The standard InChI is InChI=1S/C14H24N2O2/c1-3-4-11-16(14(17)9-10-15)12-7-5-6-8-13(12)18-2/h12-13H,3-9,11H2,1-2H3/t12-,13-/m1/s1. The molecule has 102 valence electrons. The van der Waals surface area contributed by atoms with E-state index in [4.69, 9.17) is 10.00 Å². The topological polar surface area (TPSA) is 53.3 Å². The van der Waals surface area contributed by atoms with Crippen molar-refractivity contribution < 1.29 is 9.53 Å². The second-order valence-corrected chi connectivity index (χ2v) is 4.90. The van der Waals surface area contributed by atoms with Crippen molar-refractivity contribution in [3.8, 4) is 6.07 Å². The Bertz CT molecular complexity index is 299. The number of rotatable bonds is 6. The lowest BCUT2D eigenvalue weighted by Gasteiger charge is -2.39. The molecule has 0 unspecified atom stereocenters. The van der Waals surface area contributed by atoms with Crippen molar-refractivity contribution in [1.82, 2.24) is 4.90 Å². The number of hydrogen-bond acceptors (Lipinski definition) is 3. The molecule has 1 fully saturated rings. The smallest absolute Gasteiger partial charge is 0.237 e. The van der Waals surface area contributed by atoms with Gasteiger partial charge in [0.05, 0.1) is 18.2 Å². The minimum Gasteiger partial charge on any atom is -0.379 e. The molecule has 1 saturated carbocycles. The van der Waals surface area contributed by atoms with E-state index in [2.05, 4.69) is 6.92 Å². The zero-order valence-electron chi connectivity index (χ0n) is 11.5. The number of unbranched alkanes of at least 4 members (excludes halogenated alkanes) is 1. The van der Waals surface area contributed by atoms with Crippen molar-refractivity contribution >= 4 is 5.91 Å². The van der Waals surface area contributed by atoms with Crippen LogP contribution < -0.4 is 0 Å². The lowest BCUT2D eigenvalue weighted by molar-refractivity contribution is -0.137. The number of nitrogens with zero attached hydrogens (tertiary/aromatic N) is 2. The number of carbonyl (C=O) groups is 1. The molecule has 18 heavy (non-hydrogen) atoms. The summed E-state index contributed by atoms with van der Waals surface area (Å²) in [7, 11) is 1.72. The summed E-state index contributed by atoms with van der Waals surface area (Å²) in [4.78, 5) is 13.9. The van der Waals surface area contributed by atoms with Crippen LogP contribution >= 0.6 is 0 Å². The number of methoxy groups -OCH3 is 1. The van der Waals surface area contributed by atoms with Crippen molar-refractivity contribution in [3.05, 3.63) is 0 Å². The van der Waals surface area contributed by atoms with Crippen molar-refractivity contribution in [2.24, 2.45) is 0 Å². The maximum Gasteiger partial charge on any atom is 0.237 e. The van der Waals surface area contributed by atoms with Crippen molar-refractivity contribution in [1.29, 1.82) is 5.26 Å². The highest BCUT2D eigenvalue weighted by atomic mass is 16.5. The first-order valence-corrected chi connectivity index (χ1v) is 6.93. The van der Waals surface area contributed by atoms with Crippen LogP contribution in [0, 0.1) is 11.3 Å². The summed E-state index contributed by atoms with van der Waals surface area (Å²) < 4.78 is 5.52. The number of nitriles is 1. The van der Waals surface area contributed by atoms with Gasteiger partial charge in [-0.15, -0.1) is 0 Å². The SMILES string of the molecule is CCCCN(C(=O)CC#N)[C@@H]1CCCC[C@H]1OC. The third kappa shape index (κ3) is 3.99. The van der Waals surface area contributed by atoms with Gasteiger partial charge in [0.2, 0.25) is 5.91 Å². The maximum absolute atomic E-state index is 12.1. The number of carbonyl (C=O) groups excluding carboxylic acids is 1. The normalized spacial score (nSPS) is 23.4. The van der Waals surface area contributed by atoms with Crippen LogP contribution in [-0.4, -0.2) is 36.6 Å². The fourth-order valence-corrected chi connectivity index (χ4v) is 2.68. The summed E-state index contributed by atoms with van der Waals surface area (Å²) in [6, 6.07) is 2.13. The van der Waals surface area contributed by atoms with Crippen LogP contribution in [0.25, 0.3) is 0 Å². The second kappa shape index (κ2) is 8.10. The van der Waals surface area contributed by atoms with E-state index < -0.39 is 0 Å². The molecule has 0 aliphatic heterocycles. The highest BCUT2D eigenvalue weighted by Crippen LogP contribution is 2.26. The van der Waals surface area contributed by atoms with Gasteiger partial charge in [-0.2, -0.15) is 5.26 Å². The van der Waals surface area contributed by atoms with Gasteiger partial charge in [-0.25, -0.2) is 0 Å². The largest absolute Gasteiger partial charge is 0.379 e. The molecule has 0 spiro atoms. The molecule has 0 aromatic carbocycles. The Kier molecular flexibility index (Phi) is 6.74. The summed E-state index contributed by atoms with van der Waals surface area (Å²) >= 11 is 0. The van der Waals surface area contributed by atoms with Gasteiger partial charge in [0.25, 0.3) is 0 Å². The van der Waals surface area contributed by atoms with Crippen LogP contribution in [0.1, 0.15) is 51.9 Å². The zero-order chi connectivity index (χ0) is 13.4. The fourth-order valence-electron chi connectivity index (χ4n) is 2.68.